The number of nitrogens with zero attached hydrogens (tertiary/aromatic N) is 3. The number of alkyl halides is 2. The van der Waals surface area contributed by atoms with E-state index >= 15 is 4.79 Å². The maximum absolute atomic E-state index is 15.2. The molecule has 80 heavy (non-hydrogen) atoms. The van der Waals surface area contributed by atoms with E-state index in [-0.39, 0.29) is 71.5 Å². The number of amides is 8. The molecule has 18 nitrogen and oxygen atoms in total. The van der Waals surface area contributed by atoms with Gasteiger partial charge >= 0.3 is 13.3 Å². The maximum atomic E-state index is 15.2. The average Bonchev–Trinajstić information content (AvgIpc) is 3.97. The van der Waals surface area contributed by atoms with Crippen LogP contribution in [-0.2, 0) is 47.2 Å². The van der Waals surface area contributed by atoms with Gasteiger partial charge in [0.2, 0.25) is 23.6 Å². The quantitative estimate of drug-likeness (QED) is 0.0316. The van der Waals surface area contributed by atoms with Gasteiger partial charge in [0.15, 0.2) is 6.61 Å². The van der Waals surface area contributed by atoms with Crippen molar-refractivity contribution in [3.05, 3.63) is 135 Å². The predicted octanol–water partition coefficient (Wildman–Crippen LogP) is 6.75. The van der Waals surface area contributed by atoms with E-state index in [0.29, 0.717) is 60.5 Å². The lowest BCUT2D eigenvalue weighted by molar-refractivity contribution is -0.150. The van der Waals surface area contributed by atoms with Crippen molar-refractivity contribution >= 4 is 76.3 Å². The number of hydrogen-bond acceptors (Lipinski definition) is 11. The molecule has 8 amide bonds. The van der Waals surface area contributed by atoms with Crippen LogP contribution < -0.4 is 20.7 Å². The van der Waals surface area contributed by atoms with Crippen LogP contribution in [0.15, 0.2) is 91.0 Å². The number of rotatable bonds is 15. The number of piperidine rings is 2. The number of hydrogen-bond donors (Lipinski definition) is 5. The second kappa shape index (κ2) is 23.2. The molecule has 0 spiro atoms. The number of nitrogens with one attached hydrogen (secondary N) is 3. The van der Waals surface area contributed by atoms with Gasteiger partial charge in [-0.15, -0.1) is 11.3 Å². The first-order valence-electron chi connectivity index (χ1n) is 26.3. The largest absolute Gasteiger partial charge is 0.484 e. The van der Waals surface area contributed by atoms with Crippen LogP contribution in [0.3, 0.4) is 0 Å². The molecular formula is C58H59F2N6O12PS. The van der Waals surface area contributed by atoms with Crippen molar-refractivity contribution in [2.45, 2.75) is 108 Å². The van der Waals surface area contributed by atoms with Crippen LogP contribution in [-0.4, -0.2) is 116 Å². The molecule has 5 heterocycles. The van der Waals surface area contributed by atoms with Gasteiger partial charge in [0.25, 0.3) is 23.6 Å². The molecule has 4 aliphatic heterocycles. The van der Waals surface area contributed by atoms with Gasteiger partial charge in [0.05, 0.1) is 16.0 Å². The summed E-state index contributed by atoms with van der Waals surface area (Å²) < 4.78 is 47.3. The zero-order valence-corrected chi connectivity index (χ0v) is 45.8. The number of ether oxygens (including phenoxy) is 1. The third-order valence-corrected chi connectivity index (χ3v) is 16.9. The Kier molecular flexibility index (Phi) is 16.6. The van der Waals surface area contributed by atoms with Crippen molar-refractivity contribution in [3.63, 3.8) is 0 Å². The van der Waals surface area contributed by atoms with E-state index in [2.05, 4.69) is 27.8 Å². The molecule has 2 fully saturated rings. The van der Waals surface area contributed by atoms with Crippen molar-refractivity contribution in [1.82, 2.24) is 30.7 Å². The number of thiophene rings is 1. The molecule has 1 aromatic heterocycles. The van der Waals surface area contributed by atoms with Crippen molar-refractivity contribution in [1.29, 1.82) is 0 Å². The minimum absolute atomic E-state index is 0.0194. The summed E-state index contributed by atoms with van der Waals surface area (Å²) in [5.41, 5.74) is -2.92. The number of fused-ring (bicyclic) bond motifs is 3. The fourth-order valence-corrected chi connectivity index (χ4v) is 11.9. The summed E-state index contributed by atoms with van der Waals surface area (Å²) in [7, 11) is -5.86. The summed E-state index contributed by atoms with van der Waals surface area (Å²) in [5.74, 6) is 2.28. The van der Waals surface area contributed by atoms with Gasteiger partial charge in [-0.25, -0.2) is 0 Å². The Morgan fingerprint density at radius 2 is 1.66 bits per heavy atom. The van der Waals surface area contributed by atoms with Crippen LogP contribution >= 0.6 is 18.9 Å². The highest BCUT2D eigenvalue weighted by Gasteiger charge is 2.51. The Bertz CT molecular complexity index is 3440. The minimum Gasteiger partial charge on any atom is -0.484 e. The molecule has 0 saturated carbocycles. The SMILES string of the molecule is CC(C)(C)C(NC(=O)c1cc2cc(C(F)(F)P(=O)(O)O)ccc2s1)C(=O)N1Cc2cc(OCC(=O)NCCCCC#Cc3ccc4c(c3)C(=O)N(C3CCC(=O)NC3=O)C4=O)ccc2C[C@H]1C(=O)N1CCC[C@H](c2ccccc2)C1. The highest BCUT2D eigenvalue weighted by molar-refractivity contribution is 7.52. The summed E-state index contributed by atoms with van der Waals surface area (Å²) in [5, 5.41) is 8.03. The third-order valence-electron chi connectivity index (χ3n) is 14.8. The Balaban J connectivity index is 0.836. The van der Waals surface area contributed by atoms with Gasteiger partial charge in [-0.1, -0.05) is 75.1 Å². The number of imide groups is 2. The topological polar surface area (TPSA) is 249 Å². The standard InChI is InChI=1S/C58H59F2N6O12PS/c1-57(2,3)50(63-52(70)47-30-38-27-40(18-22-46(38)80-47)58(59,60)79(75,76)77)56(74)65-32-39-28-41(19-17-36(39)29-45(65)55(73)64-25-11-15-37(31-64)35-13-8-6-9-14-35)78-33-49(68)61-24-10-5-4-7-12-34-16-20-42-43(26-34)54(72)66(53(42)71)44-21-23-48(67)62-51(44)69/h6,8-9,13-14,16-20,22,26-28,30,37,44-45,50H,4-5,10-11,15,21,23-25,29,31-33H2,1-3H3,(H,61,68)(H,63,70)(H,62,67,69)(H2,75,76,77)/t37-,44?,45-,50?/m0/s1. The van der Waals surface area contributed by atoms with Gasteiger partial charge in [-0.2, -0.15) is 8.78 Å². The van der Waals surface area contributed by atoms with Gasteiger partial charge in [-0.3, -0.25) is 53.1 Å². The third kappa shape index (κ3) is 12.2. The Morgan fingerprint density at radius 1 is 0.900 bits per heavy atom. The van der Waals surface area contributed by atoms with Crippen LogP contribution in [0.1, 0.15) is 130 Å². The van der Waals surface area contributed by atoms with Crippen LogP contribution in [0.2, 0.25) is 0 Å². The van der Waals surface area contributed by atoms with Crippen molar-refractivity contribution in [3.8, 4) is 17.6 Å². The molecule has 0 bridgehead atoms. The van der Waals surface area contributed by atoms with E-state index in [1.807, 2.05) is 36.4 Å². The summed E-state index contributed by atoms with van der Waals surface area (Å²) in [6.07, 6.45) is 3.56. The number of halogens is 2. The average molecular weight is 1130 g/mol. The lowest BCUT2D eigenvalue weighted by Gasteiger charge is -2.43. The molecule has 22 heteroatoms. The zero-order chi connectivity index (χ0) is 57.3. The van der Waals surface area contributed by atoms with E-state index in [1.165, 1.54) is 29.2 Å². The van der Waals surface area contributed by atoms with Crippen molar-refractivity contribution in [2.75, 3.05) is 26.2 Å². The van der Waals surface area contributed by atoms with Gasteiger partial charge in [0.1, 0.15) is 23.9 Å². The molecule has 2 unspecified atom stereocenters. The van der Waals surface area contributed by atoms with Gasteiger partial charge < -0.3 is 35.0 Å². The highest BCUT2D eigenvalue weighted by atomic mass is 32.1. The smallest absolute Gasteiger partial charge is 0.399 e. The number of carbonyl (C=O) groups is 8. The molecule has 418 valence electrons. The maximum Gasteiger partial charge on any atom is 0.399 e. The predicted molar refractivity (Wildman–Crippen MR) is 290 cm³/mol. The first-order chi connectivity index (χ1) is 38.0. The second-order valence-corrected chi connectivity index (χ2v) is 24.2. The van der Waals surface area contributed by atoms with Crippen LogP contribution in [0.5, 0.6) is 5.75 Å². The molecule has 2 saturated heterocycles. The first-order valence-corrected chi connectivity index (χ1v) is 28.7. The number of likely N-dealkylation sites (tertiary alicyclic amines) is 1. The summed E-state index contributed by atoms with van der Waals surface area (Å²) in [6.45, 7) is 6.22. The lowest BCUT2D eigenvalue weighted by Crippen LogP contribution is -2.61. The monoisotopic (exact) mass is 1130 g/mol. The van der Waals surface area contributed by atoms with Crippen molar-refractivity contribution in [2.24, 2.45) is 5.41 Å². The van der Waals surface area contributed by atoms with E-state index < -0.39 is 77.8 Å². The minimum atomic E-state index is -5.86. The van der Waals surface area contributed by atoms with Crippen molar-refractivity contribution < 1.29 is 66.2 Å². The molecule has 9 rings (SSSR count). The number of carbonyl (C=O) groups excluding carboxylic acids is 8. The van der Waals surface area contributed by atoms with Crippen LogP contribution in [0.4, 0.5) is 8.78 Å². The zero-order valence-electron chi connectivity index (χ0n) is 44.1. The van der Waals surface area contributed by atoms with Gasteiger partial charge in [-0.05, 0) is 108 Å². The molecule has 4 aliphatic rings. The van der Waals surface area contributed by atoms with Crippen LogP contribution in [0, 0.1) is 17.3 Å². The Hall–Kier alpha value is -7.63. The Labute approximate surface area is 463 Å². The number of benzene rings is 4. The van der Waals surface area contributed by atoms with E-state index in [1.54, 1.807) is 43.9 Å². The summed E-state index contributed by atoms with van der Waals surface area (Å²) in [6, 6.07) is 21.0. The Morgan fingerprint density at radius 3 is 2.40 bits per heavy atom. The molecule has 5 N–H and O–H groups in total. The van der Waals surface area contributed by atoms with E-state index in [0.717, 1.165) is 52.3 Å². The fraction of sp³-hybridized carbons (Fsp3) is 0.379. The highest BCUT2D eigenvalue weighted by Crippen LogP contribution is 2.59. The van der Waals surface area contributed by atoms with Crippen LogP contribution in [0.25, 0.3) is 10.1 Å². The number of unbranched alkanes of at least 4 members (excludes halogenated alkanes) is 2. The summed E-state index contributed by atoms with van der Waals surface area (Å²) in [4.78, 5) is 130. The lowest BCUT2D eigenvalue weighted by atomic mass is 9.83. The molecule has 5 aromatic rings. The molecule has 0 aliphatic carbocycles. The first kappa shape index (κ1) is 57.1. The van der Waals surface area contributed by atoms with E-state index in [4.69, 9.17) is 4.74 Å². The van der Waals surface area contributed by atoms with E-state index in [9.17, 15) is 56.7 Å². The van der Waals surface area contributed by atoms with Gasteiger partial charge in [0, 0.05) is 67.2 Å². The molecule has 4 atom stereocenters. The molecular weight excluding hydrogens is 1070 g/mol. The normalized spacial score (nSPS) is 18.9. The summed E-state index contributed by atoms with van der Waals surface area (Å²) >= 11 is 0.953. The molecule has 0 radical (unpaired) electrons. The second-order valence-electron chi connectivity index (χ2n) is 21.5. The fourth-order valence-electron chi connectivity index (χ4n) is 10.5. The molecule has 4 aromatic carbocycles.